The Morgan fingerprint density at radius 3 is 2.74 bits per heavy atom. The number of amides is 2. The molecule has 12 heteroatoms. The van der Waals surface area contributed by atoms with Crippen LogP contribution < -0.4 is 14.4 Å². The van der Waals surface area contributed by atoms with Crippen LogP contribution in [-0.2, 0) is 16.1 Å². The number of hydrogen-bond acceptors (Lipinski definition) is 10. The van der Waals surface area contributed by atoms with Gasteiger partial charge in [0.1, 0.15) is 12.4 Å². The highest BCUT2D eigenvalue weighted by Gasteiger charge is 2.55. The van der Waals surface area contributed by atoms with Gasteiger partial charge in [0.15, 0.2) is 23.6 Å². The van der Waals surface area contributed by atoms with Crippen LogP contribution in [-0.4, -0.2) is 52.8 Å². The fourth-order valence-corrected chi connectivity index (χ4v) is 3.88. The van der Waals surface area contributed by atoms with Crippen molar-refractivity contribution in [3.05, 3.63) is 54.2 Å². The van der Waals surface area contributed by atoms with Crippen LogP contribution in [0.3, 0.4) is 0 Å². The van der Waals surface area contributed by atoms with Crippen molar-refractivity contribution in [1.82, 2.24) is 15.1 Å². The molecule has 1 fully saturated rings. The predicted octanol–water partition coefficient (Wildman–Crippen LogP) is 2.78. The number of methoxy groups -OCH3 is 1. The van der Waals surface area contributed by atoms with Crippen molar-refractivity contribution in [2.24, 2.45) is 10.3 Å². The summed E-state index contributed by atoms with van der Waals surface area (Å²) in [7, 11) is 1.53. The molecular formula is C22H19FN6O5. The molecule has 2 atom stereocenters. The van der Waals surface area contributed by atoms with E-state index in [2.05, 4.69) is 20.5 Å². The highest BCUT2D eigenvalue weighted by atomic mass is 19.1. The van der Waals surface area contributed by atoms with Crippen LogP contribution in [0.25, 0.3) is 11.4 Å². The lowest BCUT2D eigenvalue weighted by atomic mass is 10.1. The molecule has 34 heavy (non-hydrogen) atoms. The standard InChI is InChI=1S/C22H19FN6O5/c1-3-33-15-8-7-12(9-16(15)32-2)20-24-17(34-26-20)11-28-19-18(25-27-28)21(30)29(22(19)31)14-6-4-5-13(23)10-14/h4-10,18-19H,3,11H2,1-2H3. The summed E-state index contributed by atoms with van der Waals surface area (Å²) in [5.41, 5.74) is 0.782. The van der Waals surface area contributed by atoms with E-state index in [1.165, 1.54) is 30.3 Å². The molecule has 2 amide bonds. The number of carbonyl (C=O) groups is 2. The minimum Gasteiger partial charge on any atom is -0.493 e. The number of benzene rings is 2. The molecule has 174 valence electrons. The number of hydrogen-bond donors (Lipinski definition) is 0. The van der Waals surface area contributed by atoms with Gasteiger partial charge in [-0.3, -0.25) is 14.6 Å². The van der Waals surface area contributed by atoms with Gasteiger partial charge in [-0.1, -0.05) is 16.4 Å². The smallest absolute Gasteiger partial charge is 0.263 e. The second-order valence-corrected chi connectivity index (χ2v) is 7.49. The predicted molar refractivity (Wildman–Crippen MR) is 114 cm³/mol. The minimum absolute atomic E-state index is 0.0398. The Balaban J connectivity index is 1.34. The number of fused-ring (bicyclic) bond motifs is 1. The summed E-state index contributed by atoms with van der Waals surface area (Å²) >= 11 is 0. The maximum absolute atomic E-state index is 13.6. The first kappa shape index (κ1) is 21.5. The van der Waals surface area contributed by atoms with Gasteiger partial charge in [-0.2, -0.15) is 10.1 Å². The number of imide groups is 1. The van der Waals surface area contributed by atoms with Crippen LogP contribution >= 0.6 is 0 Å². The molecule has 0 saturated carbocycles. The summed E-state index contributed by atoms with van der Waals surface area (Å²) in [6.07, 6.45) is 0. The quantitative estimate of drug-likeness (QED) is 0.487. The second-order valence-electron chi connectivity index (χ2n) is 7.49. The molecule has 0 N–H and O–H groups in total. The van der Waals surface area contributed by atoms with E-state index in [4.69, 9.17) is 14.0 Å². The average Bonchev–Trinajstić information content (AvgIpc) is 3.52. The zero-order chi connectivity index (χ0) is 23.8. The molecule has 0 radical (unpaired) electrons. The van der Waals surface area contributed by atoms with Crippen LogP contribution in [0.15, 0.2) is 57.3 Å². The number of rotatable bonds is 7. The first-order chi connectivity index (χ1) is 16.5. The van der Waals surface area contributed by atoms with Gasteiger partial charge in [-0.25, -0.2) is 9.29 Å². The topological polar surface area (TPSA) is 123 Å². The molecule has 2 aliphatic heterocycles. The van der Waals surface area contributed by atoms with Crippen molar-refractivity contribution < 1.29 is 28.0 Å². The molecule has 5 rings (SSSR count). The summed E-state index contributed by atoms with van der Waals surface area (Å²) in [6, 6.07) is 8.50. The first-order valence-electron chi connectivity index (χ1n) is 10.4. The first-order valence-corrected chi connectivity index (χ1v) is 10.4. The lowest BCUT2D eigenvalue weighted by molar-refractivity contribution is -0.123. The fraction of sp³-hybridized carbons (Fsp3) is 0.273. The fourth-order valence-electron chi connectivity index (χ4n) is 3.88. The zero-order valence-electron chi connectivity index (χ0n) is 18.2. The van der Waals surface area contributed by atoms with E-state index in [1.807, 2.05) is 6.92 Å². The van der Waals surface area contributed by atoms with Gasteiger partial charge in [0, 0.05) is 5.56 Å². The van der Waals surface area contributed by atoms with Crippen LogP contribution in [0.2, 0.25) is 0 Å². The van der Waals surface area contributed by atoms with Crippen LogP contribution in [0.4, 0.5) is 10.1 Å². The van der Waals surface area contributed by atoms with E-state index in [9.17, 15) is 14.0 Å². The Kier molecular flexibility index (Phi) is 5.40. The van der Waals surface area contributed by atoms with Gasteiger partial charge >= 0.3 is 0 Å². The van der Waals surface area contributed by atoms with Gasteiger partial charge in [0.2, 0.25) is 11.7 Å². The van der Waals surface area contributed by atoms with E-state index >= 15 is 0 Å². The third kappa shape index (κ3) is 3.62. The van der Waals surface area contributed by atoms with Gasteiger partial charge in [-0.15, -0.1) is 0 Å². The Bertz CT molecular complexity index is 1290. The highest BCUT2D eigenvalue weighted by molar-refractivity contribution is 6.25. The van der Waals surface area contributed by atoms with Crippen molar-refractivity contribution in [2.75, 3.05) is 18.6 Å². The molecule has 0 spiro atoms. The van der Waals surface area contributed by atoms with E-state index in [-0.39, 0.29) is 18.1 Å². The Morgan fingerprint density at radius 1 is 1.12 bits per heavy atom. The lowest BCUT2D eigenvalue weighted by Gasteiger charge is -2.19. The van der Waals surface area contributed by atoms with Crippen molar-refractivity contribution in [2.45, 2.75) is 25.6 Å². The molecule has 3 heterocycles. The number of halogens is 1. The molecule has 0 aliphatic carbocycles. The van der Waals surface area contributed by atoms with E-state index in [0.717, 1.165) is 11.0 Å². The maximum Gasteiger partial charge on any atom is 0.263 e. The number of nitrogens with zero attached hydrogens (tertiary/aromatic N) is 6. The number of carbonyl (C=O) groups excluding carboxylic acids is 2. The molecular weight excluding hydrogens is 447 g/mol. The third-order valence-corrected chi connectivity index (χ3v) is 5.41. The van der Waals surface area contributed by atoms with E-state index < -0.39 is 29.7 Å². The Hall–Kier alpha value is -4.35. The second kappa shape index (κ2) is 8.54. The maximum atomic E-state index is 13.6. The molecule has 1 saturated heterocycles. The summed E-state index contributed by atoms with van der Waals surface area (Å²) in [4.78, 5) is 31.1. The van der Waals surface area contributed by atoms with Crippen LogP contribution in [0.5, 0.6) is 11.5 Å². The van der Waals surface area contributed by atoms with Gasteiger partial charge < -0.3 is 14.0 Å². The Labute approximate surface area is 192 Å². The molecule has 0 bridgehead atoms. The largest absolute Gasteiger partial charge is 0.493 e. The number of aromatic nitrogens is 2. The third-order valence-electron chi connectivity index (χ3n) is 5.41. The van der Waals surface area contributed by atoms with E-state index in [1.54, 1.807) is 18.2 Å². The number of anilines is 1. The number of ether oxygens (including phenoxy) is 2. The Morgan fingerprint density at radius 2 is 1.97 bits per heavy atom. The van der Waals surface area contributed by atoms with Crippen molar-refractivity contribution >= 4 is 17.5 Å². The monoisotopic (exact) mass is 466 g/mol. The normalized spacial score (nSPS) is 19.1. The van der Waals surface area contributed by atoms with Crippen molar-refractivity contribution in [1.29, 1.82) is 0 Å². The molecule has 11 nitrogen and oxygen atoms in total. The average molecular weight is 466 g/mol. The SMILES string of the molecule is CCOc1ccc(-c2noc(CN3N=NC4C(=O)N(c5cccc(F)c5)C(=O)C43)n2)cc1OC. The molecule has 3 aromatic rings. The molecule has 1 aromatic heterocycles. The summed E-state index contributed by atoms with van der Waals surface area (Å²) in [5, 5.41) is 13.2. The van der Waals surface area contributed by atoms with Crippen LogP contribution in [0, 0.1) is 5.82 Å². The van der Waals surface area contributed by atoms with Gasteiger partial charge in [-0.05, 0) is 43.3 Å². The minimum atomic E-state index is -1.02. The summed E-state index contributed by atoms with van der Waals surface area (Å²) in [5.74, 6) is -0.0899. The van der Waals surface area contributed by atoms with Gasteiger partial charge in [0.05, 0.1) is 19.4 Å². The lowest BCUT2D eigenvalue weighted by Crippen LogP contribution is -2.39. The van der Waals surface area contributed by atoms with E-state index in [0.29, 0.717) is 29.5 Å². The molecule has 2 aromatic carbocycles. The van der Waals surface area contributed by atoms with Crippen molar-refractivity contribution in [3.8, 4) is 22.9 Å². The van der Waals surface area contributed by atoms with Gasteiger partial charge in [0.25, 0.3) is 11.8 Å². The molecule has 2 unspecified atom stereocenters. The summed E-state index contributed by atoms with van der Waals surface area (Å²) < 4.78 is 29.8. The zero-order valence-corrected chi connectivity index (χ0v) is 18.2. The van der Waals surface area contributed by atoms with Crippen molar-refractivity contribution in [3.63, 3.8) is 0 Å². The summed E-state index contributed by atoms with van der Waals surface area (Å²) in [6.45, 7) is 2.33. The highest BCUT2D eigenvalue weighted by Crippen LogP contribution is 2.34. The molecule has 2 aliphatic rings. The van der Waals surface area contributed by atoms with Crippen LogP contribution in [0.1, 0.15) is 12.8 Å².